The number of esters is 1. The van der Waals surface area contributed by atoms with Gasteiger partial charge >= 0.3 is 12.0 Å². The summed E-state index contributed by atoms with van der Waals surface area (Å²) in [7, 11) is 1.32. The summed E-state index contributed by atoms with van der Waals surface area (Å²) < 4.78 is 9.71. The lowest BCUT2D eigenvalue weighted by Crippen LogP contribution is -2.43. The monoisotopic (exact) mass is 254 g/mol. The average molecular weight is 254 g/mol. The van der Waals surface area contributed by atoms with E-state index >= 15 is 0 Å². The van der Waals surface area contributed by atoms with E-state index in [1.54, 1.807) is 26.0 Å². The molecule has 0 aromatic carbocycles. The summed E-state index contributed by atoms with van der Waals surface area (Å²) in [6.45, 7) is 3.90. The predicted octanol–water partition coefficient (Wildman–Crippen LogP) is 1.28. The zero-order chi connectivity index (χ0) is 13.6. The van der Waals surface area contributed by atoms with Gasteiger partial charge in [-0.15, -0.1) is 0 Å². The van der Waals surface area contributed by atoms with Gasteiger partial charge in [-0.05, 0) is 26.0 Å². The summed E-state index contributed by atoms with van der Waals surface area (Å²) in [5, 5.41) is 5.23. The molecule has 0 atom stereocenters. The largest absolute Gasteiger partial charge is 0.469 e. The van der Waals surface area contributed by atoms with Crippen LogP contribution in [-0.4, -0.2) is 25.7 Å². The Kier molecular flexibility index (Phi) is 4.76. The van der Waals surface area contributed by atoms with Crippen molar-refractivity contribution in [2.45, 2.75) is 20.4 Å². The van der Waals surface area contributed by atoms with E-state index in [2.05, 4.69) is 15.4 Å². The minimum absolute atomic E-state index is 0.198. The zero-order valence-electron chi connectivity index (χ0n) is 10.8. The Morgan fingerprint density at radius 1 is 1.39 bits per heavy atom. The van der Waals surface area contributed by atoms with Gasteiger partial charge in [0.15, 0.2) is 0 Å². The number of ether oxygens (including phenoxy) is 1. The van der Waals surface area contributed by atoms with Crippen molar-refractivity contribution in [3.8, 4) is 0 Å². The maximum atomic E-state index is 11.5. The van der Waals surface area contributed by atoms with Gasteiger partial charge in [0.05, 0.1) is 25.3 Å². The number of hydrogen-bond acceptors (Lipinski definition) is 4. The van der Waals surface area contributed by atoms with Gasteiger partial charge in [-0.2, -0.15) is 0 Å². The molecule has 2 amide bonds. The van der Waals surface area contributed by atoms with Crippen LogP contribution in [0.15, 0.2) is 22.8 Å². The molecule has 0 spiro atoms. The molecule has 0 saturated carbocycles. The summed E-state index contributed by atoms with van der Waals surface area (Å²) in [5.41, 5.74) is -0.753. The summed E-state index contributed by atoms with van der Waals surface area (Å²) in [6, 6.07) is 3.15. The predicted molar refractivity (Wildman–Crippen MR) is 64.7 cm³/mol. The van der Waals surface area contributed by atoms with E-state index in [1.807, 2.05) is 0 Å². The first kappa shape index (κ1) is 14.1. The Bertz CT molecular complexity index is 398. The fourth-order valence-corrected chi connectivity index (χ4v) is 1.29. The molecule has 6 nitrogen and oxygen atoms in total. The van der Waals surface area contributed by atoms with Crippen molar-refractivity contribution in [2.24, 2.45) is 5.41 Å². The SMILES string of the molecule is COC(=O)C(C)(C)CNC(=O)NCc1ccco1. The quantitative estimate of drug-likeness (QED) is 0.775. The second-order valence-electron chi connectivity index (χ2n) is 4.49. The molecule has 0 aliphatic rings. The van der Waals surface area contributed by atoms with Crippen LogP contribution in [-0.2, 0) is 16.1 Å². The highest BCUT2D eigenvalue weighted by molar-refractivity contribution is 5.78. The van der Waals surface area contributed by atoms with Crippen LogP contribution < -0.4 is 10.6 Å². The van der Waals surface area contributed by atoms with Gasteiger partial charge in [0, 0.05) is 6.54 Å². The van der Waals surface area contributed by atoms with E-state index in [1.165, 1.54) is 13.4 Å². The number of nitrogens with one attached hydrogen (secondary N) is 2. The number of amides is 2. The molecule has 2 N–H and O–H groups in total. The van der Waals surface area contributed by atoms with Crippen molar-refractivity contribution in [3.05, 3.63) is 24.2 Å². The molecule has 0 fully saturated rings. The Balaban J connectivity index is 2.30. The lowest BCUT2D eigenvalue weighted by molar-refractivity contribution is -0.150. The van der Waals surface area contributed by atoms with Crippen LogP contribution in [0.5, 0.6) is 0 Å². The van der Waals surface area contributed by atoms with E-state index in [0.717, 1.165) is 0 Å². The molecule has 1 rings (SSSR count). The average Bonchev–Trinajstić information content (AvgIpc) is 2.86. The van der Waals surface area contributed by atoms with Crippen molar-refractivity contribution in [3.63, 3.8) is 0 Å². The molecular weight excluding hydrogens is 236 g/mol. The van der Waals surface area contributed by atoms with Crippen molar-refractivity contribution in [2.75, 3.05) is 13.7 Å². The summed E-state index contributed by atoms with van der Waals surface area (Å²) in [5.74, 6) is 0.297. The molecule has 0 saturated heterocycles. The number of carbonyl (C=O) groups excluding carboxylic acids is 2. The molecular formula is C12H18N2O4. The lowest BCUT2D eigenvalue weighted by Gasteiger charge is -2.21. The number of methoxy groups -OCH3 is 1. The van der Waals surface area contributed by atoms with Gasteiger partial charge < -0.3 is 19.8 Å². The first-order chi connectivity index (χ1) is 8.45. The van der Waals surface area contributed by atoms with Crippen LogP contribution in [0, 0.1) is 5.41 Å². The van der Waals surface area contributed by atoms with E-state index in [4.69, 9.17) is 4.42 Å². The number of hydrogen-bond donors (Lipinski definition) is 2. The van der Waals surface area contributed by atoms with Crippen LogP contribution in [0.2, 0.25) is 0 Å². The molecule has 0 bridgehead atoms. The second-order valence-corrected chi connectivity index (χ2v) is 4.49. The highest BCUT2D eigenvalue weighted by atomic mass is 16.5. The zero-order valence-corrected chi connectivity index (χ0v) is 10.8. The van der Waals surface area contributed by atoms with Crippen molar-refractivity contribution in [1.29, 1.82) is 0 Å². The van der Waals surface area contributed by atoms with Gasteiger partial charge in [-0.25, -0.2) is 4.79 Å². The topological polar surface area (TPSA) is 80.6 Å². The van der Waals surface area contributed by atoms with Crippen LogP contribution >= 0.6 is 0 Å². The standard InChI is InChI=1S/C12H18N2O4/c1-12(2,10(15)17-3)8-14-11(16)13-7-9-5-4-6-18-9/h4-6H,7-8H2,1-3H3,(H2,13,14,16). The molecule has 100 valence electrons. The van der Waals surface area contributed by atoms with Gasteiger partial charge in [-0.3, -0.25) is 4.79 Å². The van der Waals surface area contributed by atoms with Gasteiger partial charge in [0.25, 0.3) is 0 Å². The molecule has 1 aromatic heterocycles. The molecule has 0 aliphatic carbocycles. The van der Waals surface area contributed by atoms with E-state index < -0.39 is 5.41 Å². The van der Waals surface area contributed by atoms with Crippen LogP contribution in [0.3, 0.4) is 0 Å². The molecule has 0 unspecified atom stereocenters. The number of furan rings is 1. The molecule has 18 heavy (non-hydrogen) atoms. The molecule has 0 aliphatic heterocycles. The van der Waals surface area contributed by atoms with E-state index in [0.29, 0.717) is 12.3 Å². The van der Waals surface area contributed by atoms with E-state index in [9.17, 15) is 9.59 Å². The number of urea groups is 1. The Labute approximate surface area is 106 Å². The third-order valence-corrected chi connectivity index (χ3v) is 2.43. The van der Waals surface area contributed by atoms with E-state index in [-0.39, 0.29) is 18.5 Å². The summed E-state index contributed by atoms with van der Waals surface area (Å²) >= 11 is 0. The Hall–Kier alpha value is -1.98. The van der Waals surface area contributed by atoms with Crippen molar-refractivity contribution < 1.29 is 18.7 Å². The molecule has 1 heterocycles. The Morgan fingerprint density at radius 3 is 2.67 bits per heavy atom. The third kappa shape index (κ3) is 4.12. The van der Waals surface area contributed by atoms with Crippen LogP contribution in [0.1, 0.15) is 19.6 Å². The lowest BCUT2D eigenvalue weighted by atomic mass is 9.94. The molecule has 0 radical (unpaired) electrons. The van der Waals surface area contributed by atoms with Crippen LogP contribution in [0.4, 0.5) is 4.79 Å². The maximum absolute atomic E-state index is 11.5. The van der Waals surface area contributed by atoms with Gasteiger partial charge in [0.1, 0.15) is 5.76 Å². The van der Waals surface area contributed by atoms with Crippen molar-refractivity contribution in [1.82, 2.24) is 10.6 Å². The fraction of sp³-hybridized carbons (Fsp3) is 0.500. The summed E-state index contributed by atoms with van der Waals surface area (Å²) in [4.78, 5) is 22.9. The number of carbonyl (C=O) groups is 2. The number of rotatable bonds is 5. The van der Waals surface area contributed by atoms with Crippen LogP contribution in [0.25, 0.3) is 0 Å². The highest BCUT2D eigenvalue weighted by Crippen LogP contribution is 2.15. The minimum Gasteiger partial charge on any atom is -0.469 e. The molecule has 6 heteroatoms. The second kappa shape index (κ2) is 6.09. The van der Waals surface area contributed by atoms with Crippen molar-refractivity contribution >= 4 is 12.0 Å². The smallest absolute Gasteiger partial charge is 0.315 e. The highest BCUT2D eigenvalue weighted by Gasteiger charge is 2.29. The normalized spacial score (nSPS) is 10.8. The maximum Gasteiger partial charge on any atom is 0.315 e. The first-order valence-electron chi connectivity index (χ1n) is 5.58. The Morgan fingerprint density at radius 2 is 2.11 bits per heavy atom. The summed E-state index contributed by atoms with van der Waals surface area (Å²) in [6.07, 6.45) is 1.54. The van der Waals surface area contributed by atoms with Gasteiger partial charge in [0.2, 0.25) is 0 Å². The minimum atomic E-state index is -0.753. The molecule has 1 aromatic rings. The first-order valence-corrected chi connectivity index (χ1v) is 5.58. The third-order valence-electron chi connectivity index (χ3n) is 2.43. The van der Waals surface area contributed by atoms with Gasteiger partial charge in [-0.1, -0.05) is 0 Å². The fourth-order valence-electron chi connectivity index (χ4n) is 1.29.